The highest BCUT2D eigenvalue weighted by Crippen LogP contribution is 2.16. The molecule has 4 nitrogen and oxygen atoms in total. The first-order chi connectivity index (χ1) is 10.8. The van der Waals surface area contributed by atoms with Crippen molar-refractivity contribution in [3.05, 3.63) is 83.1 Å². The Hall–Kier alpha value is -3.02. The monoisotopic (exact) mass is 317 g/mol. The van der Waals surface area contributed by atoms with Gasteiger partial charge < -0.3 is 16.9 Å². The average molecular weight is 317 g/mol. The maximum atomic E-state index is 13.9. The van der Waals surface area contributed by atoms with E-state index in [-0.39, 0.29) is 22.5 Å². The number of rotatable bonds is 6. The summed E-state index contributed by atoms with van der Waals surface area (Å²) in [5, 5.41) is 7.97. The topological polar surface area (TPSA) is 93.0 Å². The highest BCUT2D eigenvalue weighted by molar-refractivity contribution is 6.14. The average Bonchev–Trinajstić information content (AvgIpc) is 2.46. The van der Waals surface area contributed by atoms with E-state index in [1.165, 1.54) is 37.3 Å². The molecule has 0 saturated carbocycles. The quantitative estimate of drug-likeness (QED) is 0.555. The van der Waals surface area contributed by atoms with Crippen LogP contribution in [0.3, 0.4) is 0 Å². The fraction of sp³-hybridized carbons (Fsp3) is 0.0588. The Kier molecular flexibility index (Phi) is 6.14. The van der Waals surface area contributed by atoms with E-state index in [0.29, 0.717) is 5.57 Å². The van der Waals surface area contributed by atoms with E-state index in [1.54, 1.807) is 0 Å². The van der Waals surface area contributed by atoms with Crippen LogP contribution in [-0.2, 0) is 0 Å². The summed E-state index contributed by atoms with van der Waals surface area (Å²) < 4.78 is 26.7. The minimum atomic E-state index is -0.855. The van der Waals surface area contributed by atoms with E-state index in [2.05, 4.69) is 6.58 Å². The van der Waals surface area contributed by atoms with Gasteiger partial charge in [0.1, 0.15) is 5.82 Å². The van der Waals surface area contributed by atoms with Crippen molar-refractivity contribution in [2.24, 2.45) is 11.5 Å². The molecule has 0 heterocycles. The first kappa shape index (κ1) is 18.0. The molecule has 0 bridgehead atoms. The Balaban J connectivity index is 3.31. The third-order valence-corrected chi connectivity index (χ3v) is 2.89. The number of hydrogen-bond acceptors (Lipinski definition) is 3. The van der Waals surface area contributed by atoms with E-state index < -0.39 is 17.6 Å². The molecule has 0 aliphatic rings. The molecular formula is C17H17F2N3O. The smallest absolute Gasteiger partial charge is 0.249 e. The lowest BCUT2D eigenvalue weighted by Crippen LogP contribution is -2.17. The van der Waals surface area contributed by atoms with Gasteiger partial charge in [0.25, 0.3) is 0 Å². The zero-order chi connectivity index (χ0) is 17.6. The van der Waals surface area contributed by atoms with Crippen molar-refractivity contribution in [3.63, 3.8) is 0 Å². The minimum Gasteiger partial charge on any atom is -0.398 e. The third kappa shape index (κ3) is 4.74. The zero-order valence-electron chi connectivity index (χ0n) is 12.6. The van der Waals surface area contributed by atoms with Gasteiger partial charge in [-0.1, -0.05) is 24.8 Å². The molecule has 6 heteroatoms. The number of hydrogen-bond donors (Lipinski definition) is 3. The lowest BCUT2D eigenvalue weighted by Gasteiger charge is -2.08. The maximum absolute atomic E-state index is 13.9. The van der Waals surface area contributed by atoms with Crippen molar-refractivity contribution < 1.29 is 13.6 Å². The molecule has 23 heavy (non-hydrogen) atoms. The van der Waals surface area contributed by atoms with E-state index in [0.717, 1.165) is 12.1 Å². The Bertz CT molecular complexity index is 742. The largest absolute Gasteiger partial charge is 0.398 e. The van der Waals surface area contributed by atoms with Gasteiger partial charge in [0.15, 0.2) is 0 Å². The van der Waals surface area contributed by atoms with Crippen molar-refractivity contribution in [2.75, 3.05) is 0 Å². The molecule has 0 aliphatic heterocycles. The molecule has 0 spiro atoms. The van der Waals surface area contributed by atoms with Gasteiger partial charge in [-0.15, -0.1) is 0 Å². The summed E-state index contributed by atoms with van der Waals surface area (Å²) in [7, 11) is 0. The lowest BCUT2D eigenvalue weighted by molar-refractivity contribution is 0.0999. The number of nitrogens with two attached hydrogens (primary N) is 2. The van der Waals surface area contributed by atoms with Crippen molar-refractivity contribution in [1.82, 2.24) is 0 Å². The number of carbonyl (C=O) groups excluding carboxylic acids is 1. The first-order valence-electron chi connectivity index (χ1n) is 6.59. The van der Waals surface area contributed by atoms with Crippen LogP contribution in [0.15, 0.2) is 66.2 Å². The number of primary amides is 1. The number of benzene rings is 1. The lowest BCUT2D eigenvalue weighted by atomic mass is 10.00. The summed E-state index contributed by atoms with van der Waals surface area (Å²) in [6, 6.07) is 3.75. The molecule has 1 rings (SSSR count). The van der Waals surface area contributed by atoms with Crippen molar-refractivity contribution >= 4 is 11.6 Å². The van der Waals surface area contributed by atoms with Gasteiger partial charge in [0.2, 0.25) is 5.91 Å². The van der Waals surface area contributed by atoms with E-state index >= 15 is 0 Å². The Labute approximate surface area is 133 Å². The SMILES string of the molecule is C=CC(=C\C=C(/C)F)/C(N)=C/C(=N)c1c(F)cccc1C(N)=O. The normalized spacial score (nSPS) is 12.9. The van der Waals surface area contributed by atoms with Crippen molar-refractivity contribution in [3.8, 4) is 0 Å². The second-order valence-electron chi connectivity index (χ2n) is 4.62. The van der Waals surface area contributed by atoms with Crippen LogP contribution >= 0.6 is 0 Å². The number of carbonyl (C=O) groups is 1. The van der Waals surface area contributed by atoms with Crippen LogP contribution in [0, 0.1) is 11.2 Å². The molecule has 120 valence electrons. The molecule has 1 amide bonds. The van der Waals surface area contributed by atoms with E-state index in [9.17, 15) is 13.6 Å². The molecule has 1 aromatic rings. The standard InChI is InChI=1S/C17H17F2N3O/c1-3-11(8-7-10(2)18)14(20)9-15(21)16-12(17(22)23)5-4-6-13(16)19/h3-9,21H,1,20H2,2H3,(H2,22,23)/b10-7+,11-8+,14-9-,21-15?. The fourth-order valence-corrected chi connectivity index (χ4v) is 1.80. The number of halogens is 2. The number of allylic oxidation sites excluding steroid dienone is 5. The fourth-order valence-electron chi connectivity index (χ4n) is 1.80. The third-order valence-electron chi connectivity index (χ3n) is 2.89. The van der Waals surface area contributed by atoms with Gasteiger partial charge in [-0.05, 0) is 36.8 Å². The predicted octanol–water partition coefficient (Wildman–Crippen LogP) is 3.12. The molecule has 0 fully saturated rings. The molecule has 0 radical (unpaired) electrons. The van der Waals surface area contributed by atoms with E-state index in [1.807, 2.05) is 0 Å². The predicted molar refractivity (Wildman–Crippen MR) is 87.2 cm³/mol. The Morgan fingerprint density at radius 3 is 2.48 bits per heavy atom. The van der Waals surface area contributed by atoms with Crippen LogP contribution in [0.2, 0.25) is 0 Å². The molecule has 1 aromatic carbocycles. The highest BCUT2D eigenvalue weighted by Gasteiger charge is 2.16. The molecule has 0 saturated heterocycles. The molecule has 0 aromatic heterocycles. The molecular weight excluding hydrogens is 300 g/mol. The van der Waals surface area contributed by atoms with Crippen molar-refractivity contribution in [1.29, 1.82) is 5.41 Å². The Morgan fingerprint density at radius 2 is 1.96 bits per heavy atom. The van der Waals surface area contributed by atoms with Crippen molar-refractivity contribution in [2.45, 2.75) is 6.92 Å². The zero-order valence-corrected chi connectivity index (χ0v) is 12.6. The van der Waals surface area contributed by atoms with Crippen LogP contribution < -0.4 is 11.5 Å². The number of amides is 1. The molecule has 0 atom stereocenters. The summed E-state index contributed by atoms with van der Waals surface area (Å²) in [6.07, 6.45) is 5.08. The Morgan fingerprint density at radius 1 is 1.30 bits per heavy atom. The second-order valence-corrected chi connectivity index (χ2v) is 4.62. The minimum absolute atomic E-state index is 0.0705. The van der Waals surface area contributed by atoms with Crippen LogP contribution in [-0.4, -0.2) is 11.6 Å². The summed E-state index contributed by atoms with van der Waals surface area (Å²) in [5.41, 5.74) is 10.7. The van der Waals surface area contributed by atoms with Crippen LogP contribution in [0.1, 0.15) is 22.8 Å². The van der Waals surface area contributed by atoms with Crippen LogP contribution in [0.5, 0.6) is 0 Å². The van der Waals surface area contributed by atoms with Gasteiger partial charge in [-0.2, -0.15) is 0 Å². The van der Waals surface area contributed by atoms with Gasteiger partial charge in [0, 0.05) is 11.3 Å². The molecule has 0 aliphatic carbocycles. The number of nitrogens with one attached hydrogen (secondary N) is 1. The molecule has 0 unspecified atom stereocenters. The summed E-state index contributed by atoms with van der Waals surface area (Å²) >= 11 is 0. The highest BCUT2D eigenvalue weighted by atomic mass is 19.1. The second kappa shape index (κ2) is 7.84. The summed E-state index contributed by atoms with van der Waals surface area (Å²) in [5.74, 6) is -2.05. The molecule has 5 N–H and O–H groups in total. The van der Waals surface area contributed by atoms with Crippen LogP contribution in [0.4, 0.5) is 8.78 Å². The van der Waals surface area contributed by atoms with Crippen LogP contribution in [0.25, 0.3) is 0 Å². The van der Waals surface area contributed by atoms with E-state index in [4.69, 9.17) is 16.9 Å². The van der Waals surface area contributed by atoms with Gasteiger partial charge in [-0.25, -0.2) is 8.78 Å². The first-order valence-corrected chi connectivity index (χ1v) is 6.59. The van der Waals surface area contributed by atoms with Gasteiger partial charge >= 0.3 is 0 Å². The van der Waals surface area contributed by atoms with Gasteiger partial charge in [-0.3, -0.25) is 4.79 Å². The maximum Gasteiger partial charge on any atom is 0.249 e. The van der Waals surface area contributed by atoms with Gasteiger partial charge in [0.05, 0.1) is 17.1 Å². The summed E-state index contributed by atoms with van der Waals surface area (Å²) in [6.45, 7) is 4.81. The summed E-state index contributed by atoms with van der Waals surface area (Å²) in [4.78, 5) is 11.4.